The zero-order valence-corrected chi connectivity index (χ0v) is 9.57. The van der Waals surface area contributed by atoms with Crippen molar-refractivity contribution < 1.29 is 14.3 Å². The minimum absolute atomic E-state index is 0.570. The van der Waals surface area contributed by atoms with Gasteiger partial charge < -0.3 is 10.1 Å². The Balaban J connectivity index is 2.65. The van der Waals surface area contributed by atoms with Gasteiger partial charge in [0.25, 0.3) is 0 Å². The molecule has 1 amide bonds. The first-order valence-corrected chi connectivity index (χ1v) is 4.86. The third-order valence-corrected chi connectivity index (χ3v) is 2.19. The predicted molar refractivity (Wildman–Crippen MR) is 59.8 cm³/mol. The fraction of sp³-hybridized carbons (Fsp3) is 0.111. The number of hydrogen-bond donors (Lipinski definition) is 1. The highest BCUT2D eigenvalue weighted by Crippen LogP contribution is 2.10. The summed E-state index contributed by atoms with van der Waals surface area (Å²) >= 11 is 2.15. The highest BCUT2D eigenvalue weighted by Gasteiger charge is 2.12. The number of rotatable bonds is 1. The zero-order chi connectivity index (χ0) is 10.6. The van der Waals surface area contributed by atoms with E-state index in [1.54, 1.807) is 12.1 Å². The first-order chi connectivity index (χ1) is 6.63. The van der Waals surface area contributed by atoms with Crippen molar-refractivity contribution in [2.24, 2.45) is 0 Å². The van der Waals surface area contributed by atoms with Gasteiger partial charge in [0.15, 0.2) is 0 Å². The predicted octanol–water partition coefficient (Wildman–Crippen LogP) is 1.40. The van der Waals surface area contributed by atoms with Crippen molar-refractivity contribution in [2.45, 2.75) is 0 Å². The third kappa shape index (κ3) is 2.99. The number of ether oxygens (including phenoxy) is 1. The summed E-state index contributed by atoms with van der Waals surface area (Å²) in [6.07, 6.45) is 0. The number of carbonyl (C=O) groups excluding carboxylic acids is 2. The molecule has 4 nitrogen and oxygen atoms in total. The van der Waals surface area contributed by atoms with Gasteiger partial charge in [0.2, 0.25) is 0 Å². The van der Waals surface area contributed by atoms with Crippen LogP contribution in [-0.2, 0) is 14.3 Å². The normalized spacial score (nSPS) is 9.29. The molecule has 0 aliphatic rings. The Morgan fingerprint density at radius 2 is 1.86 bits per heavy atom. The number of hydrogen-bond acceptors (Lipinski definition) is 3. The largest absolute Gasteiger partial charge is 0.462 e. The lowest BCUT2D eigenvalue weighted by Crippen LogP contribution is -2.23. The van der Waals surface area contributed by atoms with Crippen LogP contribution in [-0.4, -0.2) is 19.0 Å². The molecule has 5 heteroatoms. The lowest BCUT2D eigenvalue weighted by molar-refractivity contribution is -0.150. The van der Waals surface area contributed by atoms with Gasteiger partial charge in [-0.15, -0.1) is 0 Å². The number of nitrogens with one attached hydrogen (secondary N) is 1. The Bertz CT molecular complexity index is 348. The summed E-state index contributed by atoms with van der Waals surface area (Å²) in [4.78, 5) is 21.8. The van der Waals surface area contributed by atoms with Gasteiger partial charge in [-0.2, -0.15) is 0 Å². The number of anilines is 1. The van der Waals surface area contributed by atoms with Crippen LogP contribution in [0.3, 0.4) is 0 Å². The number of carbonyl (C=O) groups is 2. The number of halogens is 1. The van der Waals surface area contributed by atoms with Crippen molar-refractivity contribution in [1.29, 1.82) is 0 Å². The van der Waals surface area contributed by atoms with Crippen molar-refractivity contribution in [1.82, 2.24) is 0 Å². The lowest BCUT2D eigenvalue weighted by Gasteiger charge is -2.02. The van der Waals surface area contributed by atoms with Crippen LogP contribution in [0.25, 0.3) is 0 Å². The maximum atomic E-state index is 11.0. The summed E-state index contributed by atoms with van der Waals surface area (Å²) in [7, 11) is 1.16. The second kappa shape index (κ2) is 4.94. The van der Waals surface area contributed by atoms with Crippen molar-refractivity contribution in [3.8, 4) is 0 Å². The molecule has 14 heavy (non-hydrogen) atoms. The van der Waals surface area contributed by atoms with E-state index in [9.17, 15) is 9.59 Å². The number of methoxy groups -OCH3 is 1. The minimum atomic E-state index is -0.899. The van der Waals surface area contributed by atoms with Crippen LogP contribution >= 0.6 is 22.6 Å². The van der Waals surface area contributed by atoms with Crippen LogP contribution in [0.2, 0.25) is 0 Å². The topological polar surface area (TPSA) is 55.4 Å². The molecule has 0 fully saturated rings. The first-order valence-electron chi connectivity index (χ1n) is 3.78. The SMILES string of the molecule is COC(=O)C(=O)Nc1ccc(I)cc1. The van der Waals surface area contributed by atoms with E-state index < -0.39 is 11.9 Å². The van der Waals surface area contributed by atoms with E-state index >= 15 is 0 Å². The van der Waals surface area contributed by atoms with Gasteiger partial charge in [0.05, 0.1) is 7.11 Å². The lowest BCUT2D eigenvalue weighted by atomic mass is 10.3. The summed E-state index contributed by atoms with van der Waals surface area (Å²) < 4.78 is 5.31. The van der Waals surface area contributed by atoms with Gasteiger partial charge in [0.1, 0.15) is 0 Å². The average molecular weight is 305 g/mol. The van der Waals surface area contributed by atoms with Crippen LogP contribution < -0.4 is 5.32 Å². The summed E-state index contributed by atoms with van der Waals surface area (Å²) in [6.45, 7) is 0. The van der Waals surface area contributed by atoms with Crippen molar-refractivity contribution in [3.05, 3.63) is 27.8 Å². The molecule has 1 rings (SSSR count). The fourth-order valence-corrected chi connectivity index (χ4v) is 1.17. The summed E-state index contributed by atoms with van der Waals surface area (Å²) in [6, 6.07) is 7.08. The summed E-state index contributed by atoms with van der Waals surface area (Å²) in [5.74, 6) is -1.67. The van der Waals surface area contributed by atoms with Gasteiger partial charge in [-0.25, -0.2) is 4.79 Å². The van der Waals surface area contributed by atoms with E-state index in [0.29, 0.717) is 5.69 Å². The zero-order valence-electron chi connectivity index (χ0n) is 7.41. The van der Waals surface area contributed by atoms with E-state index in [1.807, 2.05) is 12.1 Å². The molecule has 0 aliphatic carbocycles. The van der Waals surface area contributed by atoms with Crippen LogP contribution in [0.15, 0.2) is 24.3 Å². The molecule has 0 spiro atoms. The third-order valence-electron chi connectivity index (χ3n) is 1.47. The Hall–Kier alpha value is -1.11. The molecule has 1 aromatic rings. The smallest absolute Gasteiger partial charge is 0.396 e. The van der Waals surface area contributed by atoms with E-state index in [0.717, 1.165) is 10.7 Å². The highest BCUT2D eigenvalue weighted by atomic mass is 127. The second-order valence-corrected chi connectivity index (χ2v) is 3.70. The molecule has 0 saturated carbocycles. The molecule has 0 radical (unpaired) electrons. The molecule has 0 aromatic heterocycles. The number of amides is 1. The standard InChI is InChI=1S/C9H8INO3/c1-14-9(13)8(12)11-7-4-2-6(10)3-5-7/h2-5H,1H3,(H,11,12). The Labute approximate surface area is 94.8 Å². The second-order valence-electron chi connectivity index (χ2n) is 2.45. The molecule has 0 saturated heterocycles. The van der Waals surface area contributed by atoms with Gasteiger partial charge in [0, 0.05) is 9.26 Å². The molecule has 0 atom stereocenters. The molecule has 1 aromatic carbocycles. The Morgan fingerprint density at radius 3 is 2.36 bits per heavy atom. The van der Waals surface area contributed by atoms with Crippen molar-refractivity contribution >= 4 is 40.2 Å². The van der Waals surface area contributed by atoms with E-state index in [1.165, 1.54) is 0 Å². The van der Waals surface area contributed by atoms with Crippen LogP contribution in [0, 0.1) is 3.57 Å². The minimum Gasteiger partial charge on any atom is -0.462 e. The fourth-order valence-electron chi connectivity index (χ4n) is 0.808. The maximum absolute atomic E-state index is 11.0. The van der Waals surface area contributed by atoms with E-state index in [2.05, 4.69) is 32.6 Å². The van der Waals surface area contributed by atoms with Crippen molar-refractivity contribution in [3.63, 3.8) is 0 Å². The van der Waals surface area contributed by atoms with Gasteiger partial charge >= 0.3 is 11.9 Å². The molecule has 0 unspecified atom stereocenters. The first kappa shape index (κ1) is 11.0. The average Bonchev–Trinajstić information content (AvgIpc) is 2.20. The molecule has 0 bridgehead atoms. The van der Waals surface area contributed by atoms with Gasteiger partial charge in [-0.05, 0) is 46.9 Å². The number of benzene rings is 1. The van der Waals surface area contributed by atoms with E-state index in [-0.39, 0.29) is 0 Å². The molecular weight excluding hydrogens is 297 g/mol. The van der Waals surface area contributed by atoms with Crippen LogP contribution in [0.1, 0.15) is 0 Å². The Morgan fingerprint density at radius 1 is 1.29 bits per heavy atom. The molecular formula is C9H8INO3. The van der Waals surface area contributed by atoms with Crippen LogP contribution in [0.4, 0.5) is 5.69 Å². The maximum Gasteiger partial charge on any atom is 0.396 e. The van der Waals surface area contributed by atoms with Gasteiger partial charge in [-0.1, -0.05) is 0 Å². The molecule has 0 aliphatic heterocycles. The van der Waals surface area contributed by atoms with Crippen molar-refractivity contribution in [2.75, 3.05) is 12.4 Å². The summed E-state index contributed by atoms with van der Waals surface area (Å²) in [5, 5.41) is 2.40. The highest BCUT2D eigenvalue weighted by molar-refractivity contribution is 14.1. The Kier molecular flexibility index (Phi) is 3.87. The molecule has 1 N–H and O–H groups in total. The molecule has 74 valence electrons. The monoisotopic (exact) mass is 305 g/mol. The quantitative estimate of drug-likeness (QED) is 0.485. The summed E-state index contributed by atoms with van der Waals surface area (Å²) in [5.41, 5.74) is 0.570. The molecule has 0 heterocycles. The van der Waals surface area contributed by atoms with Gasteiger partial charge in [-0.3, -0.25) is 4.79 Å². The van der Waals surface area contributed by atoms with Crippen LogP contribution in [0.5, 0.6) is 0 Å². The number of esters is 1. The van der Waals surface area contributed by atoms with E-state index in [4.69, 9.17) is 0 Å².